The number of carbonyl (C=O) groups is 1. The summed E-state index contributed by atoms with van der Waals surface area (Å²) in [6.45, 7) is 1.70. The first kappa shape index (κ1) is 18.8. The van der Waals surface area contributed by atoms with E-state index in [0.717, 1.165) is 0 Å². The molecule has 1 aromatic heterocycles. The van der Waals surface area contributed by atoms with Crippen molar-refractivity contribution >= 4 is 38.9 Å². The molecule has 1 amide bonds. The van der Waals surface area contributed by atoms with E-state index in [0.29, 0.717) is 17.1 Å². The third-order valence-corrected chi connectivity index (χ3v) is 5.07. The summed E-state index contributed by atoms with van der Waals surface area (Å²) in [6.07, 6.45) is 0. The third kappa shape index (κ3) is 4.81. The van der Waals surface area contributed by atoms with Crippen LogP contribution in [0.2, 0.25) is 5.28 Å². The van der Waals surface area contributed by atoms with Crippen molar-refractivity contribution in [3.05, 3.63) is 77.3 Å². The molecule has 0 bridgehead atoms. The molecule has 2 aromatic carbocycles. The summed E-state index contributed by atoms with van der Waals surface area (Å²) in [5.74, 6) is -0.472. The largest absolute Gasteiger partial charge is 0.321 e. The Kier molecular flexibility index (Phi) is 5.38. The molecule has 0 saturated carbocycles. The molecule has 7 nitrogen and oxygen atoms in total. The highest BCUT2D eigenvalue weighted by molar-refractivity contribution is 7.92. The van der Waals surface area contributed by atoms with E-state index >= 15 is 0 Å². The molecule has 0 atom stereocenters. The minimum Gasteiger partial charge on any atom is -0.321 e. The number of carbonyl (C=O) groups excluding carboxylic acids is 1. The lowest BCUT2D eigenvalue weighted by molar-refractivity contribution is 0.102. The maximum absolute atomic E-state index is 12.4. The van der Waals surface area contributed by atoms with E-state index in [-0.39, 0.29) is 15.9 Å². The molecule has 0 radical (unpaired) electrons. The lowest BCUT2D eigenvalue weighted by atomic mass is 10.3. The van der Waals surface area contributed by atoms with Crippen molar-refractivity contribution in [3.63, 3.8) is 0 Å². The number of hydrogen-bond donors (Lipinski definition) is 2. The van der Waals surface area contributed by atoms with Crippen LogP contribution in [0.5, 0.6) is 0 Å². The topological polar surface area (TPSA) is 101 Å². The predicted octanol–water partition coefficient (Wildman–Crippen LogP) is 3.49. The maximum Gasteiger partial charge on any atom is 0.274 e. The number of nitrogens with one attached hydrogen (secondary N) is 2. The second kappa shape index (κ2) is 7.73. The quantitative estimate of drug-likeness (QED) is 0.636. The molecule has 0 aliphatic heterocycles. The van der Waals surface area contributed by atoms with E-state index in [9.17, 15) is 13.2 Å². The summed E-state index contributed by atoms with van der Waals surface area (Å²) in [6, 6.07) is 15.9. The van der Waals surface area contributed by atoms with Crippen molar-refractivity contribution in [2.75, 3.05) is 10.0 Å². The fraction of sp³-hybridized carbons (Fsp3) is 0.0556. The Morgan fingerprint density at radius 2 is 1.63 bits per heavy atom. The van der Waals surface area contributed by atoms with Gasteiger partial charge in [-0.15, -0.1) is 0 Å². The van der Waals surface area contributed by atoms with Crippen LogP contribution in [0.25, 0.3) is 0 Å². The van der Waals surface area contributed by atoms with E-state index in [1.54, 1.807) is 37.3 Å². The van der Waals surface area contributed by atoms with Gasteiger partial charge < -0.3 is 5.32 Å². The summed E-state index contributed by atoms with van der Waals surface area (Å²) in [5.41, 5.74) is 1.57. The van der Waals surface area contributed by atoms with Gasteiger partial charge in [-0.1, -0.05) is 18.2 Å². The molecular weight excluding hydrogens is 388 g/mol. The van der Waals surface area contributed by atoms with Gasteiger partial charge in [0.25, 0.3) is 15.9 Å². The number of para-hydroxylation sites is 1. The molecule has 138 valence electrons. The molecule has 3 aromatic rings. The number of aromatic nitrogens is 2. The van der Waals surface area contributed by atoms with Crippen LogP contribution in [-0.2, 0) is 10.0 Å². The zero-order valence-corrected chi connectivity index (χ0v) is 15.8. The van der Waals surface area contributed by atoms with Gasteiger partial charge in [0.2, 0.25) is 5.28 Å². The van der Waals surface area contributed by atoms with Crippen LogP contribution in [0.15, 0.2) is 65.6 Å². The summed E-state index contributed by atoms with van der Waals surface area (Å²) < 4.78 is 27.3. The van der Waals surface area contributed by atoms with Crippen molar-refractivity contribution < 1.29 is 13.2 Å². The Labute approximate surface area is 161 Å². The lowest BCUT2D eigenvalue weighted by Gasteiger charge is -2.09. The normalized spacial score (nSPS) is 11.0. The second-order valence-corrected chi connectivity index (χ2v) is 7.63. The van der Waals surface area contributed by atoms with E-state index in [4.69, 9.17) is 11.6 Å². The Hall–Kier alpha value is -2.97. The summed E-state index contributed by atoms with van der Waals surface area (Å²) in [5, 5.41) is 2.62. The van der Waals surface area contributed by atoms with Gasteiger partial charge in [-0.3, -0.25) is 9.52 Å². The molecular formula is C18H15ClN4O3S. The first-order chi connectivity index (χ1) is 12.8. The molecule has 27 heavy (non-hydrogen) atoms. The van der Waals surface area contributed by atoms with E-state index in [1.807, 2.05) is 0 Å². The highest BCUT2D eigenvalue weighted by atomic mass is 35.5. The Morgan fingerprint density at radius 3 is 2.26 bits per heavy atom. The number of nitrogens with zero attached hydrogens (tertiary/aromatic N) is 2. The Balaban J connectivity index is 1.74. The number of hydrogen-bond acceptors (Lipinski definition) is 5. The van der Waals surface area contributed by atoms with Gasteiger partial charge in [0.1, 0.15) is 5.69 Å². The van der Waals surface area contributed by atoms with Gasteiger partial charge in [-0.05, 0) is 61.0 Å². The van der Waals surface area contributed by atoms with Crippen LogP contribution >= 0.6 is 11.6 Å². The van der Waals surface area contributed by atoms with Crippen LogP contribution in [0.3, 0.4) is 0 Å². The molecule has 0 aliphatic rings. The van der Waals surface area contributed by atoms with Gasteiger partial charge in [0, 0.05) is 17.1 Å². The third-order valence-electron chi connectivity index (χ3n) is 3.51. The average Bonchev–Trinajstić information content (AvgIpc) is 2.62. The zero-order chi connectivity index (χ0) is 19.4. The molecule has 0 aliphatic carbocycles. The zero-order valence-electron chi connectivity index (χ0n) is 14.2. The molecule has 0 unspecified atom stereocenters. The molecule has 2 N–H and O–H groups in total. The van der Waals surface area contributed by atoms with Crippen molar-refractivity contribution in [1.29, 1.82) is 0 Å². The smallest absolute Gasteiger partial charge is 0.274 e. The van der Waals surface area contributed by atoms with Gasteiger partial charge in [-0.2, -0.15) is 0 Å². The fourth-order valence-electron chi connectivity index (χ4n) is 2.28. The lowest BCUT2D eigenvalue weighted by Crippen LogP contribution is -2.15. The molecule has 0 saturated heterocycles. The number of anilines is 2. The second-order valence-electron chi connectivity index (χ2n) is 5.61. The standard InChI is InChI=1S/C18H15ClN4O3S/c1-12-11-16(22-18(19)20-12)17(24)21-13-7-9-15(10-8-13)27(25,26)23-14-5-3-2-4-6-14/h2-11,23H,1H3,(H,21,24). The van der Waals surface area contributed by atoms with Crippen molar-refractivity contribution in [1.82, 2.24) is 9.97 Å². The van der Waals surface area contributed by atoms with Crippen LogP contribution in [-0.4, -0.2) is 24.3 Å². The number of rotatable bonds is 5. The van der Waals surface area contributed by atoms with Crippen LogP contribution in [0, 0.1) is 6.92 Å². The molecule has 0 spiro atoms. The van der Waals surface area contributed by atoms with Gasteiger partial charge in [0.15, 0.2) is 0 Å². The molecule has 1 heterocycles. The summed E-state index contributed by atoms with van der Waals surface area (Å²) >= 11 is 5.76. The Bertz CT molecular complexity index is 1050. The highest BCUT2D eigenvalue weighted by Gasteiger charge is 2.15. The molecule has 3 rings (SSSR count). The molecule has 9 heteroatoms. The van der Waals surface area contributed by atoms with Gasteiger partial charge in [-0.25, -0.2) is 18.4 Å². The minimum atomic E-state index is -3.72. The van der Waals surface area contributed by atoms with Gasteiger partial charge >= 0.3 is 0 Å². The highest BCUT2D eigenvalue weighted by Crippen LogP contribution is 2.18. The number of aryl methyl sites for hydroxylation is 1. The SMILES string of the molecule is Cc1cc(C(=O)Nc2ccc(S(=O)(=O)Nc3ccccc3)cc2)nc(Cl)n1. The van der Waals surface area contributed by atoms with Crippen molar-refractivity contribution in [2.24, 2.45) is 0 Å². The Morgan fingerprint density at radius 1 is 0.963 bits per heavy atom. The van der Waals surface area contributed by atoms with Crippen molar-refractivity contribution in [2.45, 2.75) is 11.8 Å². The van der Waals surface area contributed by atoms with Crippen LogP contribution < -0.4 is 10.0 Å². The number of halogens is 1. The first-order valence-corrected chi connectivity index (χ1v) is 9.70. The van der Waals surface area contributed by atoms with Crippen LogP contribution in [0.1, 0.15) is 16.2 Å². The fourth-order valence-corrected chi connectivity index (χ4v) is 3.56. The first-order valence-electron chi connectivity index (χ1n) is 7.84. The summed E-state index contributed by atoms with van der Waals surface area (Å²) in [7, 11) is -3.72. The predicted molar refractivity (Wildman–Crippen MR) is 103 cm³/mol. The molecule has 0 fully saturated rings. The number of benzene rings is 2. The van der Waals surface area contributed by atoms with Gasteiger partial charge in [0.05, 0.1) is 4.90 Å². The van der Waals surface area contributed by atoms with Crippen LogP contribution in [0.4, 0.5) is 11.4 Å². The average molecular weight is 403 g/mol. The number of amides is 1. The number of sulfonamides is 1. The minimum absolute atomic E-state index is 0.0198. The van der Waals surface area contributed by atoms with E-state index in [1.165, 1.54) is 30.3 Å². The maximum atomic E-state index is 12.4. The van der Waals surface area contributed by atoms with E-state index in [2.05, 4.69) is 20.0 Å². The van der Waals surface area contributed by atoms with Crippen molar-refractivity contribution in [3.8, 4) is 0 Å². The monoisotopic (exact) mass is 402 g/mol. The summed E-state index contributed by atoms with van der Waals surface area (Å²) in [4.78, 5) is 20.1. The van der Waals surface area contributed by atoms with E-state index < -0.39 is 15.9 Å².